The van der Waals surface area contributed by atoms with Crippen molar-refractivity contribution in [1.82, 2.24) is 39.8 Å². The molecule has 1 saturated heterocycles. The Kier molecular flexibility index (Phi) is 13.9. The number of benzene rings is 4. The van der Waals surface area contributed by atoms with Crippen LogP contribution in [0.4, 0.5) is 4.39 Å². The number of carbonyl (C=O) groups is 1. The number of aromatic nitrogens is 5. The number of carbonyl (C=O) groups excluding carboxylic acids is 1. The zero-order chi connectivity index (χ0) is 44.7. The van der Waals surface area contributed by atoms with Gasteiger partial charge in [-0.25, -0.2) is 14.4 Å². The Balaban J connectivity index is 0.712. The molecule has 1 fully saturated rings. The molecule has 13 nitrogen and oxygen atoms in total. The number of ether oxygens (including phenoxy) is 3. The summed E-state index contributed by atoms with van der Waals surface area (Å²) in [4.78, 5) is 24.5. The van der Waals surface area contributed by atoms with Crippen LogP contribution in [-0.2, 0) is 46.7 Å². The first-order valence-electron chi connectivity index (χ1n) is 22.4. The molecule has 0 aliphatic carbocycles. The van der Waals surface area contributed by atoms with Gasteiger partial charge in [-0.3, -0.25) is 9.69 Å². The van der Waals surface area contributed by atoms with Gasteiger partial charge in [-0.2, -0.15) is 0 Å². The van der Waals surface area contributed by atoms with Gasteiger partial charge in [0, 0.05) is 97.1 Å². The fourth-order valence-corrected chi connectivity index (χ4v) is 9.42. The number of morpholine rings is 1. The van der Waals surface area contributed by atoms with E-state index in [1.54, 1.807) is 17.4 Å². The Morgan fingerprint density at radius 1 is 0.862 bits per heavy atom. The summed E-state index contributed by atoms with van der Waals surface area (Å²) in [6.07, 6.45) is 1.21. The van der Waals surface area contributed by atoms with Gasteiger partial charge in [0.2, 0.25) is 0 Å². The van der Waals surface area contributed by atoms with Gasteiger partial charge in [-0.15, -0.1) is 11.3 Å². The van der Waals surface area contributed by atoms with Crippen LogP contribution >= 0.6 is 11.3 Å². The summed E-state index contributed by atoms with van der Waals surface area (Å²) < 4.78 is 42.2. The van der Waals surface area contributed by atoms with Crippen molar-refractivity contribution in [2.75, 3.05) is 65.8 Å². The van der Waals surface area contributed by atoms with Crippen molar-refractivity contribution in [1.29, 1.82) is 0 Å². The number of rotatable bonds is 20. The number of aryl methyl sites for hydroxylation is 5. The molecule has 1 aliphatic heterocycles. The molecule has 15 heteroatoms. The monoisotopic (exact) mass is 898 g/mol. The van der Waals surface area contributed by atoms with Crippen LogP contribution in [0, 0.1) is 19.7 Å². The first-order valence-corrected chi connectivity index (χ1v) is 23.4. The zero-order valence-corrected chi connectivity index (χ0v) is 38.0. The van der Waals surface area contributed by atoms with E-state index in [2.05, 4.69) is 102 Å². The third-order valence-corrected chi connectivity index (χ3v) is 12.8. The Hall–Kier alpha value is -5.97. The smallest absolute Gasteiger partial charge is 0.258 e. The molecule has 4 aromatic carbocycles. The maximum atomic E-state index is 15.3. The van der Waals surface area contributed by atoms with Crippen molar-refractivity contribution in [2.24, 2.45) is 0 Å². The molecular formula is C50H55FN8O5S. The van der Waals surface area contributed by atoms with E-state index < -0.39 is 5.82 Å². The summed E-state index contributed by atoms with van der Waals surface area (Å²) >= 11 is 1.61. The number of thiazole rings is 1. The number of nitrogens with zero attached hydrogens (tertiary/aromatic N) is 6. The lowest BCUT2D eigenvalue weighted by Gasteiger charge is -2.27. The van der Waals surface area contributed by atoms with Gasteiger partial charge in [0.1, 0.15) is 11.6 Å². The first kappa shape index (κ1) is 44.2. The average Bonchev–Trinajstić information content (AvgIpc) is 4.12. The van der Waals surface area contributed by atoms with Gasteiger partial charge in [-0.05, 0) is 86.3 Å². The number of hydrogen-bond donors (Lipinski definition) is 2. The lowest BCUT2D eigenvalue weighted by atomic mass is 10.0. The van der Waals surface area contributed by atoms with Crippen molar-refractivity contribution in [3.8, 4) is 28.1 Å². The van der Waals surface area contributed by atoms with Crippen molar-refractivity contribution in [2.45, 2.75) is 53.2 Å². The number of fused-ring (bicyclic) bond motifs is 4. The van der Waals surface area contributed by atoms with Gasteiger partial charge in [0.05, 0.1) is 54.4 Å². The van der Waals surface area contributed by atoms with Crippen molar-refractivity contribution in [3.63, 3.8) is 0 Å². The number of hydrogen-bond acceptors (Lipinski definition) is 11. The molecule has 1 amide bonds. The van der Waals surface area contributed by atoms with Crippen LogP contribution in [-0.4, -0.2) is 101 Å². The fraction of sp³-hybridized carbons (Fsp3) is 0.360. The molecule has 0 spiro atoms. The Morgan fingerprint density at radius 2 is 1.69 bits per heavy atom. The van der Waals surface area contributed by atoms with Gasteiger partial charge in [0.15, 0.2) is 18.2 Å². The molecule has 0 unspecified atom stereocenters. The van der Waals surface area contributed by atoms with E-state index in [1.807, 2.05) is 25.4 Å². The van der Waals surface area contributed by atoms with E-state index in [-0.39, 0.29) is 18.3 Å². The number of amides is 1. The second kappa shape index (κ2) is 20.5. The summed E-state index contributed by atoms with van der Waals surface area (Å²) in [5.74, 6) is 0.892. The van der Waals surface area contributed by atoms with Crippen LogP contribution in [0.25, 0.3) is 55.2 Å². The molecule has 2 N–H and O–H groups in total. The highest BCUT2D eigenvalue weighted by Gasteiger charge is 2.19. The predicted octanol–water partition coefficient (Wildman–Crippen LogP) is 8.12. The number of nitrogens with one attached hydrogen (secondary N) is 2. The topological polar surface area (TPSA) is 134 Å². The van der Waals surface area contributed by atoms with Crippen LogP contribution in [0.1, 0.15) is 35.3 Å². The van der Waals surface area contributed by atoms with Crippen LogP contribution < -0.4 is 15.4 Å². The molecule has 4 aromatic heterocycles. The number of halogens is 1. The Morgan fingerprint density at radius 3 is 2.49 bits per heavy atom. The largest absolute Gasteiger partial charge is 0.481 e. The zero-order valence-electron chi connectivity index (χ0n) is 37.2. The lowest BCUT2D eigenvalue weighted by molar-refractivity contribution is -0.123. The minimum Gasteiger partial charge on any atom is -0.481 e. The molecule has 1 aliphatic rings. The summed E-state index contributed by atoms with van der Waals surface area (Å²) in [6, 6.07) is 24.5. The molecule has 9 rings (SSSR count). The number of imidazole rings is 1. The van der Waals surface area contributed by atoms with Crippen molar-refractivity contribution >= 4 is 50.1 Å². The second-order valence-electron chi connectivity index (χ2n) is 16.4. The Bertz CT molecular complexity index is 2880. The normalized spacial score (nSPS) is 13.4. The fourth-order valence-electron chi connectivity index (χ4n) is 8.86. The molecule has 0 saturated carbocycles. The third-order valence-electron chi connectivity index (χ3n) is 12.2. The van der Waals surface area contributed by atoms with E-state index in [4.69, 9.17) is 23.7 Å². The van der Waals surface area contributed by atoms with E-state index >= 15 is 4.39 Å². The minimum atomic E-state index is -0.509. The quantitative estimate of drug-likeness (QED) is 0.0723. The van der Waals surface area contributed by atoms with Crippen LogP contribution in [0.2, 0.25) is 0 Å². The summed E-state index contributed by atoms with van der Waals surface area (Å²) in [6.45, 7) is 14.1. The van der Waals surface area contributed by atoms with E-state index in [1.165, 1.54) is 33.4 Å². The SMILES string of the molecule is CCn1c2ccc(CNCCOCCNC(=O)COc3ccc(CCc4nc5cc(-c6c(C)noc6C)ccc5n4CCN4CCOCC4)cc3F)cc2c2ccc(-c3cscn3)cc21. The maximum Gasteiger partial charge on any atom is 0.258 e. The maximum absolute atomic E-state index is 15.3. The van der Waals surface area contributed by atoms with Crippen LogP contribution in [0.3, 0.4) is 0 Å². The summed E-state index contributed by atoms with van der Waals surface area (Å²) in [5, 5.41) is 15.0. The van der Waals surface area contributed by atoms with E-state index in [9.17, 15) is 4.79 Å². The lowest BCUT2D eigenvalue weighted by Crippen LogP contribution is -2.38. The van der Waals surface area contributed by atoms with Gasteiger partial charge in [-0.1, -0.05) is 35.5 Å². The highest BCUT2D eigenvalue weighted by molar-refractivity contribution is 7.07. The molecule has 338 valence electrons. The van der Waals surface area contributed by atoms with E-state index in [0.29, 0.717) is 45.7 Å². The molecule has 65 heavy (non-hydrogen) atoms. The molecule has 8 aromatic rings. The standard InChI is InChI=1S/C50H55FN8O5S/c1-4-58-44-11-5-36(25-40(44)39-10-8-37(28-46(39)58)43-31-65-32-54-43)29-52-15-21-61-22-16-53-49(60)30-63-47-13-6-35(26-41(47)51)7-14-48-55-42-27-38(50-33(2)56-64-34(50)3)9-12-45(42)59(48)18-17-57-19-23-62-24-20-57/h5-6,8-13,25-28,31-32,52H,4,7,14-24,29-30H2,1-3H3,(H,53,60). The second-order valence-corrected chi connectivity index (χ2v) is 17.1. The van der Waals surface area contributed by atoms with E-state index in [0.717, 1.165) is 102 Å². The van der Waals surface area contributed by atoms with Crippen LogP contribution in [0.15, 0.2) is 88.2 Å². The van der Waals surface area contributed by atoms with Gasteiger partial charge in [0.25, 0.3) is 5.91 Å². The Labute approximate surface area is 381 Å². The average molecular weight is 899 g/mol. The van der Waals surface area contributed by atoms with Crippen molar-refractivity contribution in [3.05, 3.63) is 118 Å². The molecule has 0 radical (unpaired) electrons. The van der Waals surface area contributed by atoms with Crippen molar-refractivity contribution < 1.29 is 27.9 Å². The molecular weight excluding hydrogens is 844 g/mol. The van der Waals surface area contributed by atoms with Gasteiger partial charge < -0.3 is 38.5 Å². The summed E-state index contributed by atoms with van der Waals surface area (Å²) in [5.41, 5.74) is 13.3. The highest BCUT2D eigenvalue weighted by Crippen LogP contribution is 2.34. The van der Waals surface area contributed by atoms with Gasteiger partial charge >= 0.3 is 0 Å². The van der Waals surface area contributed by atoms with Crippen LogP contribution in [0.5, 0.6) is 5.75 Å². The predicted molar refractivity (Wildman–Crippen MR) is 253 cm³/mol. The molecule has 0 atom stereocenters. The highest BCUT2D eigenvalue weighted by atomic mass is 32.1. The molecule has 5 heterocycles. The minimum absolute atomic E-state index is 0.0342. The molecule has 0 bridgehead atoms. The first-order chi connectivity index (χ1) is 31.8. The summed E-state index contributed by atoms with van der Waals surface area (Å²) in [7, 11) is 0. The third kappa shape index (κ3) is 10.1.